The summed E-state index contributed by atoms with van der Waals surface area (Å²) in [7, 11) is 0. The van der Waals surface area contributed by atoms with Gasteiger partial charge >= 0.3 is 0 Å². The van der Waals surface area contributed by atoms with Gasteiger partial charge in [0.1, 0.15) is 22.3 Å². The zero-order chi connectivity index (χ0) is 57.8. The molecule has 6 heteroatoms. The van der Waals surface area contributed by atoms with Crippen LogP contribution in [-0.2, 0) is 0 Å². The number of fused-ring (bicyclic) bond motifs is 15. The minimum Gasteiger partial charge on any atom is -0.456 e. The summed E-state index contributed by atoms with van der Waals surface area (Å²) in [5, 5.41) is 11.5. The fourth-order valence-corrected chi connectivity index (χ4v) is 13.9. The van der Waals surface area contributed by atoms with E-state index in [0.29, 0.717) is 0 Å². The molecule has 0 spiro atoms. The Bertz CT molecular complexity index is 5370. The van der Waals surface area contributed by atoms with Gasteiger partial charge in [-0.1, -0.05) is 146 Å². The molecule has 0 saturated heterocycles. The van der Waals surface area contributed by atoms with E-state index in [1.807, 2.05) is 0 Å². The number of hydrogen-bond donors (Lipinski definition) is 0. The molecule has 0 unspecified atom stereocenters. The Labute approximate surface area is 506 Å². The highest BCUT2D eigenvalue weighted by Gasteiger charge is 2.22. The average Bonchev–Trinajstić information content (AvgIpc) is 2.59. The standard InChI is InChI=1S/C82H52N4O2/c1-5-17-57(18-6-1)83(61-35-29-53(30-36-61)55-33-45-75-71(49-55)65-25-13-15-27-73(65)85(75)59-21-9-3-10-22-59)63-39-41-69-79(51-63)87-77-47-43-68-67(81(69)77)44-48-78-82(68)70-42-40-64(52-80(70)88-78)84(58-19-7-2-8-20-58)62-37-31-54(32-38-62)56-34-46-76-72(50-56)66-26-14-16-28-74(66)86(76)60-23-11-4-12-24-60/h1-52H. The Balaban J connectivity index is 0.679. The van der Waals surface area contributed by atoms with E-state index in [1.54, 1.807) is 0 Å². The van der Waals surface area contributed by atoms with Gasteiger partial charge in [0.05, 0.1) is 22.1 Å². The van der Waals surface area contributed by atoms with Crippen molar-refractivity contribution in [1.82, 2.24) is 9.13 Å². The number of rotatable bonds is 10. The van der Waals surface area contributed by atoms with Crippen molar-refractivity contribution < 1.29 is 8.83 Å². The number of anilines is 6. The maximum Gasteiger partial charge on any atom is 0.137 e. The van der Waals surface area contributed by atoms with Crippen LogP contribution in [-0.4, -0.2) is 9.13 Å². The van der Waals surface area contributed by atoms with E-state index in [4.69, 9.17) is 8.83 Å². The monoisotopic (exact) mass is 1120 g/mol. The lowest BCUT2D eigenvalue weighted by Crippen LogP contribution is -2.09. The topological polar surface area (TPSA) is 42.6 Å². The van der Waals surface area contributed by atoms with Gasteiger partial charge in [-0.25, -0.2) is 0 Å². The molecule has 14 aromatic carbocycles. The highest BCUT2D eigenvalue weighted by atomic mass is 16.3. The van der Waals surface area contributed by atoms with Gasteiger partial charge in [-0.3, -0.25) is 0 Å². The maximum absolute atomic E-state index is 6.83. The summed E-state index contributed by atoms with van der Waals surface area (Å²) in [6.45, 7) is 0. The summed E-state index contributed by atoms with van der Waals surface area (Å²) in [5.74, 6) is 0. The second-order valence-electron chi connectivity index (χ2n) is 22.8. The predicted molar refractivity (Wildman–Crippen MR) is 367 cm³/mol. The molecule has 4 heterocycles. The van der Waals surface area contributed by atoms with Gasteiger partial charge in [0.2, 0.25) is 0 Å². The molecule has 0 saturated carbocycles. The lowest BCUT2D eigenvalue weighted by atomic mass is 9.99. The Morgan fingerprint density at radius 1 is 0.205 bits per heavy atom. The van der Waals surface area contributed by atoms with Crippen molar-refractivity contribution in [3.63, 3.8) is 0 Å². The van der Waals surface area contributed by atoms with E-state index in [2.05, 4.69) is 334 Å². The van der Waals surface area contributed by atoms with E-state index in [1.165, 1.54) is 54.7 Å². The second kappa shape index (κ2) is 19.9. The molecule has 0 aliphatic rings. The van der Waals surface area contributed by atoms with E-state index in [0.717, 1.165) is 111 Å². The minimum absolute atomic E-state index is 0.824. The average molecular weight is 1130 g/mol. The smallest absolute Gasteiger partial charge is 0.137 e. The van der Waals surface area contributed by atoms with Crippen LogP contribution in [0.5, 0.6) is 0 Å². The molecule has 0 fully saturated rings. The van der Waals surface area contributed by atoms with E-state index >= 15 is 0 Å². The number of aromatic nitrogens is 2. The molecule has 18 rings (SSSR count). The molecular weight excluding hydrogens is 1070 g/mol. The first-order chi connectivity index (χ1) is 43.6. The Morgan fingerprint density at radius 3 is 0.955 bits per heavy atom. The molecule has 0 aliphatic carbocycles. The van der Waals surface area contributed by atoms with Crippen LogP contribution in [0.1, 0.15) is 0 Å². The number of benzene rings is 14. The summed E-state index contributed by atoms with van der Waals surface area (Å²) in [4.78, 5) is 4.62. The molecule has 0 bridgehead atoms. The predicted octanol–water partition coefficient (Wildman–Crippen LogP) is 23.1. The van der Waals surface area contributed by atoms with Crippen LogP contribution >= 0.6 is 0 Å². The molecule has 0 radical (unpaired) electrons. The van der Waals surface area contributed by atoms with Crippen molar-refractivity contribution in [2.45, 2.75) is 0 Å². The largest absolute Gasteiger partial charge is 0.456 e. The number of furan rings is 2. The van der Waals surface area contributed by atoms with Crippen molar-refractivity contribution in [2.75, 3.05) is 9.80 Å². The lowest BCUT2D eigenvalue weighted by Gasteiger charge is -2.25. The molecular formula is C82H52N4O2. The van der Waals surface area contributed by atoms with Gasteiger partial charge < -0.3 is 27.8 Å². The Kier molecular flexibility index (Phi) is 11.2. The molecule has 0 atom stereocenters. The van der Waals surface area contributed by atoms with Crippen LogP contribution in [0, 0.1) is 0 Å². The molecule has 0 N–H and O–H groups in total. The number of hydrogen-bond acceptors (Lipinski definition) is 4. The molecule has 0 amide bonds. The SMILES string of the molecule is c1ccc(N(c2ccc(-c3ccc4c(c3)c3ccccc3n4-c3ccccc3)cc2)c2ccc3c(c2)oc2ccc4c(ccc5oc6cc(N(c7ccccc7)c7ccc(-c8ccc9c(c8)c8ccccc8n9-c8ccccc8)cc7)ccc6c54)c23)cc1. The first-order valence-corrected chi connectivity index (χ1v) is 30.0. The van der Waals surface area contributed by atoms with Gasteiger partial charge in [0.15, 0.2) is 0 Å². The highest BCUT2D eigenvalue weighted by Crippen LogP contribution is 2.46. The third kappa shape index (κ3) is 7.89. The summed E-state index contributed by atoms with van der Waals surface area (Å²) in [6, 6.07) is 113. The normalized spacial score (nSPS) is 11.9. The highest BCUT2D eigenvalue weighted by molar-refractivity contribution is 6.28. The van der Waals surface area contributed by atoms with Gasteiger partial charge in [0, 0.05) is 101 Å². The zero-order valence-corrected chi connectivity index (χ0v) is 47.6. The number of nitrogens with zero attached hydrogens (tertiary/aromatic N) is 4. The van der Waals surface area contributed by atoms with E-state index in [-0.39, 0.29) is 0 Å². The molecule has 18 aromatic rings. The molecule has 88 heavy (non-hydrogen) atoms. The zero-order valence-electron chi connectivity index (χ0n) is 47.6. The van der Waals surface area contributed by atoms with Crippen molar-refractivity contribution in [2.24, 2.45) is 0 Å². The van der Waals surface area contributed by atoms with Crippen LogP contribution in [0.2, 0.25) is 0 Å². The lowest BCUT2D eigenvalue weighted by molar-refractivity contribution is 0.668. The van der Waals surface area contributed by atoms with Crippen LogP contribution in [0.4, 0.5) is 34.1 Å². The molecule has 6 nitrogen and oxygen atoms in total. The summed E-state index contributed by atoms with van der Waals surface area (Å²) >= 11 is 0. The first kappa shape index (κ1) is 49.6. The summed E-state index contributed by atoms with van der Waals surface area (Å²) in [5.41, 5.74) is 21.3. The summed E-state index contributed by atoms with van der Waals surface area (Å²) in [6.07, 6.45) is 0. The van der Waals surface area contributed by atoms with Gasteiger partial charge in [-0.05, 0) is 191 Å². The van der Waals surface area contributed by atoms with Crippen molar-refractivity contribution in [3.8, 4) is 33.6 Å². The van der Waals surface area contributed by atoms with Crippen molar-refractivity contribution >= 4 is 132 Å². The van der Waals surface area contributed by atoms with E-state index in [9.17, 15) is 0 Å². The molecule has 0 aliphatic heterocycles. The maximum atomic E-state index is 6.83. The minimum atomic E-state index is 0.824. The fourth-order valence-electron chi connectivity index (χ4n) is 13.9. The number of para-hydroxylation sites is 6. The van der Waals surface area contributed by atoms with Crippen LogP contribution in [0.25, 0.3) is 132 Å². The fraction of sp³-hybridized carbons (Fsp3) is 0. The Hall–Kier alpha value is -11.9. The first-order valence-electron chi connectivity index (χ1n) is 30.0. The molecule has 4 aromatic heterocycles. The van der Waals surface area contributed by atoms with E-state index < -0.39 is 0 Å². The van der Waals surface area contributed by atoms with Crippen LogP contribution in [0.15, 0.2) is 324 Å². The third-order valence-corrected chi connectivity index (χ3v) is 17.9. The summed E-state index contributed by atoms with van der Waals surface area (Å²) < 4.78 is 18.4. The van der Waals surface area contributed by atoms with Gasteiger partial charge in [0.25, 0.3) is 0 Å². The van der Waals surface area contributed by atoms with Gasteiger partial charge in [-0.15, -0.1) is 0 Å². The third-order valence-electron chi connectivity index (χ3n) is 17.9. The quantitative estimate of drug-likeness (QED) is 0.137. The molecule has 412 valence electrons. The van der Waals surface area contributed by atoms with Gasteiger partial charge in [-0.2, -0.15) is 0 Å². The van der Waals surface area contributed by atoms with Crippen molar-refractivity contribution in [3.05, 3.63) is 315 Å². The Morgan fingerprint density at radius 2 is 0.534 bits per heavy atom. The second-order valence-corrected chi connectivity index (χ2v) is 22.8. The van der Waals surface area contributed by atoms with Crippen LogP contribution < -0.4 is 9.80 Å². The van der Waals surface area contributed by atoms with Crippen LogP contribution in [0.3, 0.4) is 0 Å². The van der Waals surface area contributed by atoms with Crippen molar-refractivity contribution in [1.29, 1.82) is 0 Å².